The van der Waals surface area contributed by atoms with E-state index in [-0.39, 0.29) is 11.8 Å². The van der Waals surface area contributed by atoms with Gasteiger partial charge in [0.2, 0.25) is 0 Å². The van der Waals surface area contributed by atoms with Gasteiger partial charge in [-0.15, -0.1) is 0 Å². The van der Waals surface area contributed by atoms with Crippen molar-refractivity contribution in [3.8, 4) is 0 Å². The Morgan fingerprint density at radius 2 is 1.82 bits per heavy atom. The highest BCUT2D eigenvalue weighted by atomic mass is 35.5. The second-order valence-electron chi connectivity index (χ2n) is 4.73. The molecule has 17 heavy (non-hydrogen) atoms. The Kier molecular flexibility index (Phi) is 5.66. The van der Waals surface area contributed by atoms with Crippen molar-refractivity contribution in [3.05, 3.63) is 34.9 Å². The monoisotopic (exact) mass is 253 g/mol. The van der Waals surface area contributed by atoms with Crippen molar-refractivity contribution in [2.24, 2.45) is 5.92 Å². The van der Waals surface area contributed by atoms with Crippen LogP contribution in [-0.4, -0.2) is 18.4 Å². The third-order valence-electron chi connectivity index (χ3n) is 2.69. The summed E-state index contributed by atoms with van der Waals surface area (Å²) in [5.74, 6) is 0.769. The fourth-order valence-corrected chi connectivity index (χ4v) is 1.67. The molecule has 0 aliphatic rings. The number of halogens is 1. The second-order valence-corrected chi connectivity index (χ2v) is 5.17. The molecule has 1 aromatic carbocycles. The summed E-state index contributed by atoms with van der Waals surface area (Å²) in [6.07, 6.45) is 1.08. The number of carbonyl (C=O) groups is 1. The molecule has 94 valence electrons. The van der Waals surface area contributed by atoms with Gasteiger partial charge >= 0.3 is 0 Å². The molecule has 2 nitrogen and oxygen atoms in total. The quantitative estimate of drug-likeness (QED) is 0.786. The number of hydrogen-bond acceptors (Lipinski definition) is 2. The van der Waals surface area contributed by atoms with E-state index in [0.29, 0.717) is 16.5 Å². The molecule has 0 saturated carbocycles. The molecule has 0 saturated heterocycles. The van der Waals surface area contributed by atoms with E-state index in [0.717, 1.165) is 13.0 Å². The van der Waals surface area contributed by atoms with Gasteiger partial charge in [-0.2, -0.15) is 0 Å². The Hall–Kier alpha value is -0.860. The fourth-order valence-electron chi connectivity index (χ4n) is 1.55. The first-order valence-electron chi connectivity index (χ1n) is 6.04. The smallest absolute Gasteiger partial charge is 0.179 e. The van der Waals surface area contributed by atoms with Gasteiger partial charge in [-0.05, 0) is 50.1 Å². The molecule has 0 aromatic heterocycles. The lowest BCUT2D eigenvalue weighted by molar-refractivity contribution is 0.0950. The van der Waals surface area contributed by atoms with Crippen molar-refractivity contribution in [2.45, 2.75) is 33.2 Å². The number of rotatable bonds is 6. The number of hydrogen-bond donors (Lipinski definition) is 1. The minimum atomic E-state index is -0.144. The summed E-state index contributed by atoms with van der Waals surface area (Å²) in [4.78, 5) is 12.0. The number of Topliss-reactive ketones (excluding diaryl/α,β-unsaturated/α-hetero) is 1. The van der Waals surface area contributed by atoms with E-state index < -0.39 is 0 Å². The van der Waals surface area contributed by atoms with Gasteiger partial charge in [0.25, 0.3) is 0 Å². The second kappa shape index (κ2) is 6.77. The third-order valence-corrected chi connectivity index (χ3v) is 2.95. The van der Waals surface area contributed by atoms with Gasteiger partial charge in [0.1, 0.15) is 0 Å². The molecule has 1 N–H and O–H groups in total. The summed E-state index contributed by atoms with van der Waals surface area (Å²) in [7, 11) is 0. The summed E-state index contributed by atoms with van der Waals surface area (Å²) in [5.41, 5.74) is 0.707. The van der Waals surface area contributed by atoms with Gasteiger partial charge in [-0.1, -0.05) is 25.4 Å². The lowest BCUT2D eigenvalue weighted by Gasteiger charge is -2.13. The highest BCUT2D eigenvalue weighted by Crippen LogP contribution is 2.11. The van der Waals surface area contributed by atoms with Crippen molar-refractivity contribution >= 4 is 17.4 Å². The van der Waals surface area contributed by atoms with E-state index in [1.54, 1.807) is 24.3 Å². The first-order valence-corrected chi connectivity index (χ1v) is 6.41. The molecule has 0 aliphatic heterocycles. The molecule has 1 aromatic rings. The van der Waals surface area contributed by atoms with Crippen molar-refractivity contribution in [1.29, 1.82) is 0 Å². The van der Waals surface area contributed by atoms with Gasteiger partial charge in [-0.3, -0.25) is 4.79 Å². The Labute approximate surface area is 108 Å². The molecule has 1 atom stereocenters. The Morgan fingerprint density at radius 3 is 2.35 bits per heavy atom. The number of ketones is 1. The number of nitrogens with one attached hydrogen (secondary N) is 1. The van der Waals surface area contributed by atoms with Crippen LogP contribution in [0, 0.1) is 5.92 Å². The fraction of sp³-hybridized carbons (Fsp3) is 0.500. The van der Waals surface area contributed by atoms with E-state index in [2.05, 4.69) is 19.2 Å². The van der Waals surface area contributed by atoms with Crippen LogP contribution in [0.4, 0.5) is 0 Å². The van der Waals surface area contributed by atoms with Crippen LogP contribution in [-0.2, 0) is 0 Å². The Morgan fingerprint density at radius 1 is 1.24 bits per heavy atom. The minimum absolute atomic E-state index is 0.116. The molecule has 0 bridgehead atoms. The largest absolute Gasteiger partial charge is 0.307 e. The zero-order valence-electron chi connectivity index (χ0n) is 10.7. The van der Waals surface area contributed by atoms with Gasteiger partial charge < -0.3 is 5.32 Å². The molecule has 1 unspecified atom stereocenters. The minimum Gasteiger partial charge on any atom is -0.307 e. The van der Waals surface area contributed by atoms with Crippen molar-refractivity contribution < 1.29 is 4.79 Å². The molecule has 0 amide bonds. The van der Waals surface area contributed by atoms with Crippen LogP contribution < -0.4 is 5.32 Å². The zero-order chi connectivity index (χ0) is 12.8. The van der Waals surface area contributed by atoms with Crippen LogP contribution in [0.5, 0.6) is 0 Å². The van der Waals surface area contributed by atoms with Crippen LogP contribution in [0.3, 0.4) is 0 Å². The maximum absolute atomic E-state index is 12.0. The normalized spacial score (nSPS) is 12.8. The molecule has 0 fully saturated rings. The molecular formula is C14H20ClNO. The standard InChI is InChI=1S/C14H20ClNO/c1-10(2)8-9-16-11(3)14(17)12-4-6-13(15)7-5-12/h4-7,10-11,16H,8-9H2,1-3H3. The van der Waals surface area contributed by atoms with Crippen molar-refractivity contribution in [2.75, 3.05) is 6.54 Å². The van der Waals surface area contributed by atoms with E-state index >= 15 is 0 Å². The van der Waals surface area contributed by atoms with Gasteiger partial charge in [0, 0.05) is 10.6 Å². The zero-order valence-corrected chi connectivity index (χ0v) is 11.4. The molecular weight excluding hydrogens is 234 g/mol. The highest BCUT2D eigenvalue weighted by molar-refractivity contribution is 6.30. The van der Waals surface area contributed by atoms with Crippen molar-refractivity contribution in [1.82, 2.24) is 5.32 Å². The number of benzene rings is 1. The van der Waals surface area contributed by atoms with Crippen LogP contribution in [0.25, 0.3) is 0 Å². The molecule has 0 spiro atoms. The SMILES string of the molecule is CC(C)CCNC(C)C(=O)c1ccc(Cl)cc1. The molecule has 0 heterocycles. The summed E-state index contributed by atoms with van der Waals surface area (Å²) in [6, 6.07) is 6.89. The Balaban J connectivity index is 2.49. The van der Waals surface area contributed by atoms with Gasteiger partial charge in [-0.25, -0.2) is 0 Å². The summed E-state index contributed by atoms with van der Waals surface area (Å²) >= 11 is 5.79. The first-order chi connectivity index (χ1) is 8.00. The lowest BCUT2D eigenvalue weighted by atomic mass is 10.0. The molecule has 0 aliphatic carbocycles. The van der Waals surface area contributed by atoms with Crippen LogP contribution in [0.1, 0.15) is 37.6 Å². The Bertz CT molecular complexity index is 359. The first kappa shape index (κ1) is 14.2. The van der Waals surface area contributed by atoms with E-state index in [9.17, 15) is 4.79 Å². The highest BCUT2D eigenvalue weighted by Gasteiger charge is 2.14. The molecule has 3 heteroatoms. The number of carbonyl (C=O) groups excluding carboxylic acids is 1. The van der Waals surface area contributed by atoms with Gasteiger partial charge in [0.05, 0.1) is 6.04 Å². The molecule has 1 rings (SSSR count). The van der Waals surface area contributed by atoms with E-state index in [1.165, 1.54) is 0 Å². The van der Waals surface area contributed by atoms with Crippen molar-refractivity contribution in [3.63, 3.8) is 0 Å². The van der Waals surface area contributed by atoms with Crippen LogP contribution in [0.2, 0.25) is 5.02 Å². The lowest BCUT2D eigenvalue weighted by Crippen LogP contribution is -2.35. The third kappa shape index (κ3) is 4.88. The summed E-state index contributed by atoms with van der Waals surface area (Å²) in [6.45, 7) is 7.12. The predicted molar refractivity (Wildman–Crippen MR) is 72.7 cm³/mol. The topological polar surface area (TPSA) is 29.1 Å². The van der Waals surface area contributed by atoms with E-state index in [1.807, 2.05) is 6.92 Å². The average molecular weight is 254 g/mol. The maximum atomic E-state index is 12.0. The predicted octanol–water partition coefficient (Wildman–Crippen LogP) is 3.55. The summed E-state index contributed by atoms with van der Waals surface area (Å²) < 4.78 is 0. The summed E-state index contributed by atoms with van der Waals surface area (Å²) in [5, 5.41) is 3.90. The van der Waals surface area contributed by atoms with Crippen LogP contribution >= 0.6 is 11.6 Å². The van der Waals surface area contributed by atoms with E-state index in [4.69, 9.17) is 11.6 Å². The maximum Gasteiger partial charge on any atom is 0.179 e. The van der Waals surface area contributed by atoms with Crippen LogP contribution in [0.15, 0.2) is 24.3 Å². The molecule has 0 radical (unpaired) electrons. The van der Waals surface area contributed by atoms with Gasteiger partial charge in [0.15, 0.2) is 5.78 Å². The average Bonchev–Trinajstić information content (AvgIpc) is 2.28.